The fraction of sp³-hybridized carbons (Fsp3) is 0.300. The van der Waals surface area contributed by atoms with Crippen LogP contribution in [0.2, 0.25) is 5.02 Å². The van der Waals surface area contributed by atoms with Crippen LogP contribution in [0.15, 0.2) is 66.0 Å². The highest BCUT2D eigenvalue weighted by molar-refractivity contribution is 6.30. The topological polar surface area (TPSA) is 41.5 Å². The van der Waals surface area contributed by atoms with Crippen LogP contribution >= 0.6 is 11.6 Å². The van der Waals surface area contributed by atoms with E-state index in [-0.39, 0.29) is 0 Å². The maximum Gasteiger partial charge on any atom is 0.284 e. The fourth-order valence-corrected chi connectivity index (χ4v) is 2.19. The molecular weight excluding hydrogens is 339 g/mol. The predicted molar refractivity (Wildman–Crippen MR) is 103 cm³/mol. The number of nitrogens with one attached hydrogen (secondary N) is 1. The molecule has 1 aromatic rings. The first-order chi connectivity index (χ1) is 11.8. The van der Waals surface area contributed by atoms with Gasteiger partial charge in [0, 0.05) is 10.4 Å². The van der Waals surface area contributed by atoms with Gasteiger partial charge in [-0.1, -0.05) is 61.5 Å². The van der Waals surface area contributed by atoms with Crippen LogP contribution in [-0.4, -0.2) is 11.7 Å². The van der Waals surface area contributed by atoms with E-state index in [1.165, 1.54) is 0 Å². The first kappa shape index (κ1) is 20.8. The minimum Gasteiger partial charge on any atom is -0.308 e. The second kappa shape index (κ2) is 9.94. The lowest BCUT2D eigenvalue weighted by atomic mass is 9.90. The van der Waals surface area contributed by atoms with Gasteiger partial charge >= 0.3 is 0 Å². The summed E-state index contributed by atoms with van der Waals surface area (Å²) in [6.45, 7) is 9.17. The first-order valence-corrected chi connectivity index (χ1v) is 8.43. The molecule has 0 aliphatic rings. The molecule has 3 nitrogen and oxygen atoms in total. The maximum absolute atomic E-state index is 13.1. The van der Waals surface area contributed by atoms with Crippen molar-refractivity contribution in [3.05, 3.63) is 71.6 Å². The summed E-state index contributed by atoms with van der Waals surface area (Å²) < 4.78 is 13.1. The number of amidine groups is 1. The largest absolute Gasteiger partial charge is 0.308 e. The average molecular weight is 363 g/mol. The molecule has 0 atom stereocenters. The van der Waals surface area contributed by atoms with Gasteiger partial charge in [0.15, 0.2) is 5.83 Å². The van der Waals surface area contributed by atoms with E-state index in [4.69, 9.17) is 11.6 Å². The fourth-order valence-electron chi connectivity index (χ4n) is 1.98. The van der Waals surface area contributed by atoms with Crippen molar-refractivity contribution in [3.63, 3.8) is 0 Å². The molecule has 0 heterocycles. The number of benzene rings is 1. The maximum atomic E-state index is 13.1. The Morgan fingerprint density at radius 3 is 2.72 bits per heavy atom. The Morgan fingerprint density at radius 1 is 1.40 bits per heavy atom. The third kappa shape index (κ3) is 7.48. The van der Waals surface area contributed by atoms with E-state index in [0.29, 0.717) is 17.4 Å². The molecule has 0 aromatic heterocycles. The van der Waals surface area contributed by atoms with E-state index in [2.05, 4.69) is 16.9 Å². The third-order valence-electron chi connectivity index (χ3n) is 3.39. The number of amides is 1. The third-order valence-corrected chi connectivity index (χ3v) is 3.63. The number of carbonyl (C=O) groups excluding carboxylic acids is 1. The minimum atomic E-state index is -1.05. The van der Waals surface area contributed by atoms with E-state index in [0.717, 1.165) is 12.0 Å². The molecule has 0 unspecified atom stereocenters. The number of carbonyl (C=O) groups is 1. The SMILES string of the molecule is C=C(F)C(=O)NC(=NCc1cccc(Cl)c1)C(C)(C)/C=C\C=C\CC. The zero-order chi connectivity index (χ0) is 18.9. The first-order valence-electron chi connectivity index (χ1n) is 8.05. The molecule has 0 fully saturated rings. The van der Waals surface area contributed by atoms with E-state index >= 15 is 0 Å². The monoisotopic (exact) mass is 362 g/mol. The van der Waals surface area contributed by atoms with Crippen molar-refractivity contribution >= 4 is 23.3 Å². The molecule has 0 spiro atoms. The van der Waals surface area contributed by atoms with Crippen LogP contribution in [0.4, 0.5) is 4.39 Å². The summed E-state index contributed by atoms with van der Waals surface area (Å²) in [5, 5.41) is 3.12. The summed E-state index contributed by atoms with van der Waals surface area (Å²) in [7, 11) is 0. The van der Waals surface area contributed by atoms with Crippen LogP contribution in [0.3, 0.4) is 0 Å². The summed E-state index contributed by atoms with van der Waals surface area (Å²) in [5.74, 6) is -1.59. The van der Waals surface area contributed by atoms with Crippen LogP contribution < -0.4 is 5.32 Å². The standard InChI is InChI=1S/C20H24ClFN2O/c1-5-6-7-8-12-20(3,4)19(24-18(25)15(2)22)23-14-16-10-9-11-17(21)13-16/h6-13H,2,5,14H2,1,3-4H3,(H,23,24,25)/b7-6+,12-8-. The minimum absolute atomic E-state index is 0.316. The number of allylic oxidation sites excluding steroid dienone is 3. The normalized spacial score (nSPS) is 12.8. The van der Waals surface area contributed by atoms with Gasteiger partial charge in [-0.2, -0.15) is 0 Å². The molecular formula is C20H24ClFN2O. The Kier molecular flexibility index (Phi) is 8.29. The molecule has 1 N–H and O–H groups in total. The van der Waals surface area contributed by atoms with E-state index < -0.39 is 17.1 Å². The zero-order valence-corrected chi connectivity index (χ0v) is 15.6. The van der Waals surface area contributed by atoms with Gasteiger partial charge in [-0.3, -0.25) is 9.79 Å². The number of aliphatic imine (C=N–C) groups is 1. The molecule has 0 bridgehead atoms. The summed E-state index contributed by atoms with van der Waals surface area (Å²) >= 11 is 5.98. The highest BCUT2D eigenvalue weighted by atomic mass is 35.5. The van der Waals surface area contributed by atoms with E-state index in [1.807, 2.05) is 57.2 Å². The Bertz CT molecular complexity index is 705. The molecule has 0 aliphatic heterocycles. The van der Waals surface area contributed by atoms with Crippen molar-refractivity contribution in [1.29, 1.82) is 0 Å². The van der Waals surface area contributed by atoms with Crippen molar-refractivity contribution in [2.75, 3.05) is 0 Å². The highest BCUT2D eigenvalue weighted by Crippen LogP contribution is 2.20. The number of rotatable bonds is 7. The molecule has 1 aromatic carbocycles. The van der Waals surface area contributed by atoms with Gasteiger partial charge < -0.3 is 5.32 Å². The van der Waals surface area contributed by atoms with Crippen molar-refractivity contribution in [2.24, 2.45) is 10.4 Å². The molecule has 0 aliphatic carbocycles. The molecule has 25 heavy (non-hydrogen) atoms. The van der Waals surface area contributed by atoms with Crippen LogP contribution in [0, 0.1) is 5.41 Å². The molecule has 0 saturated heterocycles. The van der Waals surface area contributed by atoms with Gasteiger partial charge in [-0.05, 0) is 38.0 Å². The lowest BCUT2D eigenvalue weighted by Gasteiger charge is -2.23. The second-order valence-electron chi connectivity index (χ2n) is 6.07. The van der Waals surface area contributed by atoms with Crippen molar-refractivity contribution < 1.29 is 9.18 Å². The molecule has 1 rings (SSSR count). The summed E-state index contributed by atoms with van der Waals surface area (Å²) in [6, 6.07) is 7.29. The van der Waals surface area contributed by atoms with Crippen LogP contribution in [-0.2, 0) is 11.3 Å². The van der Waals surface area contributed by atoms with E-state index in [1.54, 1.807) is 12.1 Å². The number of hydrogen-bond donors (Lipinski definition) is 1. The quantitative estimate of drug-likeness (QED) is 0.300. The molecule has 1 amide bonds. The lowest BCUT2D eigenvalue weighted by Crippen LogP contribution is -2.40. The zero-order valence-electron chi connectivity index (χ0n) is 14.9. The summed E-state index contributed by atoms with van der Waals surface area (Å²) in [6.07, 6.45) is 8.65. The van der Waals surface area contributed by atoms with Crippen LogP contribution in [0.5, 0.6) is 0 Å². The molecule has 0 radical (unpaired) electrons. The lowest BCUT2D eigenvalue weighted by molar-refractivity contribution is -0.117. The van der Waals surface area contributed by atoms with Crippen molar-refractivity contribution in [3.8, 4) is 0 Å². The van der Waals surface area contributed by atoms with Gasteiger partial charge in [0.2, 0.25) is 0 Å². The Hall–Kier alpha value is -2.20. The number of hydrogen-bond acceptors (Lipinski definition) is 2. The molecule has 5 heteroatoms. The smallest absolute Gasteiger partial charge is 0.284 e. The Morgan fingerprint density at radius 2 is 2.12 bits per heavy atom. The second-order valence-corrected chi connectivity index (χ2v) is 6.51. The Balaban J connectivity index is 3.07. The number of halogens is 2. The summed E-state index contributed by atoms with van der Waals surface area (Å²) in [5.41, 5.74) is 0.297. The van der Waals surface area contributed by atoms with E-state index in [9.17, 15) is 9.18 Å². The van der Waals surface area contributed by atoms with Crippen molar-refractivity contribution in [1.82, 2.24) is 5.32 Å². The summed E-state index contributed by atoms with van der Waals surface area (Å²) in [4.78, 5) is 16.2. The van der Waals surface area contributed by atoms with Gasteiger partial charge in [-0.15, -0.1) is 0 Å². The predicted octanol–water partition coefficient (Wildman–Crippen LogP) is 5.39. The highest BCUT2D eigenvalue weighted by Gasteiger charge is 2.24. The van der Waals surface area contributed by atoms with Crippen LogP contribution in [0.1, 0.15) is 32.8 Å². The van der Waals surface area contributed by atoms with Gasteiger partial charge in [-0.25, -0.2) is 4.39 Å². The molecule has 0 saturated carbocycles. The van der Waals surface area contributed by atoms with Gasteiger partial charge in [0.1, 0.15) is 5.84 Å². The van der Waals surface area contributed by atoms with Crippen LogP contribution in [0.25, 0.3) is 0 Å². The Labute approximate surface area is 154 Å². The van der Waals surface area contributed by atoms with Crippen molar-refractivity contribution in [2.45, 2.75) is 33.7 Å². The van der Waals surface area contributed by atoms with Gasteiger partial charge in [0.05, 0.1) is 6.54 Å². The average Bonchev–Trinajstić information content (AvgIpc) is 2.55. The molecule has 134 valence electrons. The number of nitrogens with zero attached hydrogens (tertiary/aromatic N) is 1. The van der Waals surface area contributed by atoms with Gasteiger partial charge in [0.25, 0.3) is 5.91 Å².